The zero-order chi connectivity index (χ0) is 26.3. The van der Waals surface area contributed by atoms with Gasteiger partial charge < -0.3 is 10.1 Å². The molecule has 0 aliphatic carbocycles. The van der Waals surface area contributed by atoms with E-state index in [1.54, 1.807) is 24.3 Å². The van der Waals surface area contributed by atoms with Gasteiger partial charge in [0.15, 0.2) is 0 Å². The summed E-state index contributed by atoms with van der Waals surface area (Å²) in [7, 11) is -4.19. The average Bonchev–Trinajstić information content (AvgIpc) is 2.92. The Balaban J connectivity index is 1.67. The highest BCUT2D eigenvalue weighted by Crippen LogP contribution is 2.27. The molecule has 0 radical (unpaired) electrons. The normalized spacial score (nSPS) is 11.2. The van der Waals surface area contributed by atoms with Crippen molar-refractivity contribution in [2.45, 2.75) is 17.9 Å². The fourth-order valence-electron chi connectivity index (χ4n) is 3.91. The summed E-state index contributed by atoms with van der Waals surface area (Å²) in [5, 5.41) is 2.98. The van der Waals surface area contributed by atoms with Crippen LogP contribution in [0.25, 0.3) is 0 Å². The van der Waals surface area contributed by atoms with Gasteiger partial charge in [0.1, 0.15) is 18.1 Å². The Morgan fingerprint density at radius 2 is 1.38 bits per heavy atom. The van der Waals surface area contributed by atoms with E-state index in [1.165, 1.54) is 12.1 Å². The van der Waals surface area contributed by atoms with Crippen LogP contribution in [0.15, 0.2) is 114 Å². The number of halogens is 1. The van der Waals surface area contributed by atoms with Gasteiger partial charge in [-0.25, -0.2) is 12.8 Å². The molecule has 0 aliphatic rings. The maximum absolute atomic E-state index is 13.6. The first-order chi connectivity index (χ1) is 17.9. The van der Waals surface area contributed by atoms with Gasteiger partial charge in [0.05, 0.1) is 23.2 Å². The Kier molecular flexibility index (Phi) is 8.20. The van der Waals surface area contributed by atoms with Gasteiger partial charge in [0.25, 0.3) is 10.0 Å². The maximum atomic E-state index is 13.6. The molecule has 0 saturated heterocycles. The van der Waals surface area contributed by atoms with Crippen LogP contribution in [0.2, 0.25) is 0 Å². The summed E-state index contributed by atoms with van der Waals surface area (Å²) in [5.41, 5.74) is 1.99. The van der Waals surface area contributed by atoms with Crippen molar-refractivity contribution in [3.05, 3.63) is 126 Å². The van der Waals surface area contributed by atoms with Gasteiger partial charge in [-0.05, 0) is 66.6 Å². The van der Waals surface area contributed by atoms with Crippen molar-refractivity contribution in [1.82, 2.24) is 5.32 Å². The first-order valence-corrected chi connectivity index (χ1v) is 13.2. The lowest BCUT2D eigenvalue weighted by molar-refractivity contribution is -0.120. The van der Waals surface area contributed by atoms with Gasteiger partial charge in [-0.2, -0.15) is 0 Å². The van der Waals surface area contributed by atoms with Gasteiger partial charge in [-0.15, -0.1) is 0 Å². The minimum absolute atomic E-state index is 0.127. The summed E-state index contributed by atoms with van der Waals surface area (Å²) in [5.74, 6) is -0.488. The molecule has 0 aliphatic heterocycles. The number of amides is 1. The van der Waals surface area contributed by atoms with Gasteiger partial charge >= 0.3 is 0 Å². The molecule has 0 atom stereocenters. The first-order valence-electron chi connectivity index (χ1n) is 11.8. The number of carbonyl (C=O) groups excluding carboxylic acids is 1. The fraction of sp³-hybridized carbons (Fsp3) is 0.138. The monoisotopic (exact) mass is 518 g/mol. The van der Waals surface area contributed by atoms with E-state index < -0.39 is 34.3 Å². The Labute approximate surface area is 216 Å². The Hall–Kier alpha value is -4.17. The van der Waals surface area contributed by atoms with Crippen LogP contribution in [-0.2, 0) is 14.8 Å². The second-order valence-electron chi connectivity index (χ2n) is 8.21. The summed E-state index contributed by atoms with van der Waals surface area (Å²) in [6.07, 6.45) is 0. The molecule has 190 valence electrons. The van der Waals surface area contributed by atoms with Gasteiger partial charge in [-0.3, -0.25) is 9.10 Å². The van der Waals surface area contributed by atoms with E-state index in [1.807, 2.05) is 67.6 Å². The molecule has 4 aromatic rings. The Bertz CT molecular complexity index is 1370. The van der Waals surface area contributed by atoms with Crippen LogP contribution in [0.5, 0.6) is 5.75 Å². The number of ether oxygens (including phenoxy) is 1. The number of hydrogen-bond acceptors (Lipinski definition) is 4. The van der Waals surface area contributed by atoms with Crippen molar-refractivity contribution in [3.8, 4) is 5.75 Å². The highest BCUT2D eigenvalue weighted by atomic mass is 32.2. The minimum atomic E-state index is -4.19. The third kappa shape index (κ3) is 6.34. The van der Waals surface area contributed by atoms with Crippen molar-refractivity contribution < 1.29 is 22.3 Å². The van der Waals surface area contributed by atoms with Crippen molar-refractivity contribution in [1.29, 1.82) is 0 Å². The van der Waals surface area contributed by atoms with Crippen LogP contribution in [0.4, 0.5) is 10.1 Å². The second-order valence-corrected chi connectivity index (χ2v) is 10.1. The molecule has 0 fully saturated rings. The number of nitrogens with one attached hydrogen (secondary N) is 1. The van der Waals surface area contributed by atoms with E-state index in [0.717, 1.165) is 27.6 Å². The van der Waals surface area contributed by atoms with E-state index in [0.29, 0.717) is 12.4 Å². The molecule has 0 heterocycles. The molecule has 0 unspecified atom stereocenters. The highest BCUT2D eigenvalue weighted by Gasteiger charge is 2.28. The van der Waals surface area contributed by atoms with Crippen LogP contribution in [-0.4, -0.2) is 27.5 Å². The molecule has 37 heavy (non-hydrogen) atoms. The zero-order valence-electron chi connectivity index (χ0n) is 20.3. The molecule has 8 heteroatoms. The van der Waals surface area contributed by atoms with Crippen LogP contribution in [0.1, 0.15) is 24.1 Å². The number of benzene rings is 4. The summed E-state index contributed by atoms with van der Waals surface area (Å²) in [6.45, 7) is 1.82. The average molecular weight is 519 g/mol. The van der Waals surface area contributed by atoms with Crippen molar-refractivity contribution >= 4 is 21.6 Å². The number of nitrogens with zero attached hydrogens (tertiary/aromatic N) is 1. The minimum Gasteiger partial charge on any atom is -0.494 e. The van der Waals surface area contributed by atoms with Crippen molar-refractivity contribution in [3.63, 3.8) is 0 Å². The quantitative estimate of drug-likeness (QED) is 0.308. The van der Waals surface area contributed by atoms with Crippen molar-refractivity contribution in [2.75, 3.05) is 17.5 Å². The molecule has 4 aromatic carbocycles. The molecule has 0 spiro atoms. The SMILES string of the molecule is CCOc1ccc(N(CC(=O)NC(c2ccccc2)c2ccccc2)S(=O)(=O)c2ccc(F)cc2)cc1. The van der Waals surface area contributed by atoms with E-state index in [2.05, 4.69) is 5.32 Å². The largest absolute Gasteiger partial charge is 0.494 e. The van der Waals surface area contributed by atoms with E-state index >= 15 is 0 Å². The number of anilines is 1. The molecule has 0 saturated carbocycles. The molecular formula is C29H27FN2O4S. The Morgan fingerprint density at radius 3 is 1.89 bits per heavy atom. The first kappa shape index (κ1) is 25.9. The summed E-state index contributed by atoms with van der Waals surface area (Å²) < 4.78 is 47.2. The fourth-order valence-corrected chi connectivity index (χ4v) is 5.33. The number of hydrogen-bond donors (Lipinski definition) is 1. The maximum Gasteiger partial charge on any atom is 0.264 e. The third-order valence-electron chi connectivity index (χ3n) is 5.70. The van der Waals surface area contributed by atoms with Gasteiger partial charge in [-0.1, -0.05) is 60.7 Å². The molecule has 0 bridgehead atoms. The topological polar surface area (TPSA) is 75.7 Å². The molecule has 6 nitrogen and oxygen atoms in total. The predicted molar refractivity (Wildman–Crippen MR) is 141 cm³/mol. The molecule has 0 aromatic heterocycles. The van der Waals surface area contributed by atoms with Gasteiger partial charge in [0, 0.05) is 0 Å². The lowest BCUT2D eigenvalue weighted by atomic mass is 9.99. The molecule has 1 amide bonds. The van der Waals surface area contributed by atoms with Crippen LogP contribution in [0, 0.1) is 5.82 Å². The standard InChI is InChI=1S/C29H27FN2O4S/c1-2-36-26-17-15-25(16-18-26)32(37(34,35)27-19-13-24(30)14-20-27)21-28(33)31-29(22-9-5-3-6-10-22)23-11-7-4-8-12-23/h3-20,29H,2,21H2,1H3,(H,31,33). The van der Waals surface area contributed by atoms with E-state index in [-0.39, 0.29) is 10.6 Å². The number of carbonyl (C=O) groups is 1. The molecule has 1 N–H and O–H groups in total. The van der Waals surface area contributed by atoms with E-state index in [4.69, 9.17) is 4.74 Å². The van der Waals surface area contributed by atoms with Crippen LogP contribution >= 0.6 is 0 Å². The second kappa shape index (κ2) is 11.7. The third-order valence-corrected chi connectivity index (χ3v) is 7.48. The van der Waals surface area contributed by atoms with Crippen LogP contribution in [0.3, 0.4) is 0 Å². The lowest BCUT2D eigenvalue weighted by Crippen LogP contribution is -2.42. The Morgan fingerprint density at radius 1 is 0.838 bits per heavy atom. The zero-order valence-corrected chi connectivity index (χ0v) is 21.1. The summed E-state index contributed by atoms with van der Waals surface area (Å²) >= 11 is 0. The highest BCUT2D eigenvalue weighted by molar-refractivity contribution is 7.92. The summed E-state index contributed by atoms with van der Waals surface area (Å²) in [6, 6.07) is 29.3. The smallest absolute Gasteiger partial charge is 0.264 e. The molecule has 4 rings (SSSR count). The summed E-state index contributed by atoms with van der Waals surface area (Å²) in [4.78, 5) is 13.3. The number of sulfonamides is 1. The van der Waals surface area contributed by atoms with Gasteiger partial charge in [0.2, 0.25) is 5.91 Å². The van der Waals surface area contributed by atoms with Crippen molar-refractivity contribution in [2.24, 2.45) is 0 Å². The van der Waals surface area contributed by atoms with Crippen LogP contribution < -0.4 is 14.4 Å². The molecular weight excluding hydrogens is 491 g/mol. The number of rotatable bonds is 10. The lowest BCUT2D eigenvalue weighted by Gasteiger charge is -2.26. The predicted octanol–water partition coefficient (Wildman–Crippen LogP) is 5.33. The van der Waals surface area contributed by atoms with E-state index in [9.17, 15) is 17.6 Å².